The van der Waals surface area contributed by atoms with Gasteiger partial charge in [0.05, 0.1) is 6.54 Å². The molecule has 0 bridgehead atoms. The molecule has 1 atom stereocenters. The van der Waals surface area contributed by atoms with E-state index in [4.69, 9.17) is 4.52 Å². The highest BCUT2D eigenvalue weighted by Crippen LogP contribution is 2.28. The lowest BCUT2D eigenvalue weighted by Gasteiger charge is -2.14. The van der Waals surface area contributed by atoms with E-state index in [0.717, 1.165) is 31.3 Å². The number of aromatic nitrogens is 2. The summed E-state index contributed by atoms with van der Waals surface area (Å²) in [5, 5.41) is 4.12. The zero-order valence-corrected chi connectivity index (χ0v) is 13.0. The van der Waals surface area contributed by atoms with Gasteiger partial charge >= 0.3 is 0 Å². The van der Waals surface area contributed by atoms with Gasteiger partial charge in [0.25, 0.3) is 0 Å². The van der Waals surface area contributed by atoms with Crippen molar-refractivity contribution in [1.29, 1.82) is 0 Å². The van der Waals surface area contributed by atoms with Crippen molar-refractivity contribution in [2.75, 3.05) is 13.1 Å². The molecule has 21 heavy (non-hydrogen) atoms. The molecule has 0 radical (unpaired) electrons. The standard InChI is InChI=1S/C17H23N3O/c1-17(2,3)16-18-15(19-21-16)12-20-10-9-14(11-20)13-7-5-4-6-8-13/h4-8,14H,9-12H2,1-3H3/t14-/m0/s1. The Labute approximate surface area is 126 Å². The van der Waals surface area contributed by atoms with Gasteiger partial charge in [0, 0.05) is 12.0 Å². The summed E-state index contributed by atoms with van der Waals surface area (Å²) < 4.78 is 5.36. The molecule has 112 valence electrons. The summed E-state index contributed by atoms with van der Waals surface area (Å²) in [5.41, 5.74) is 1.35. The lowest BCUT2D eigenvalue weighted by Crippen LogP contribution is -2.20. The first-order chi connectivity index (χ1) is 10.0. The summed E-state index contributed by atoms with van der Waals surface area (Å²) in [6, 6.07) is 10.8. The van der Waals surface area contributed by atoms with Crippen LogP contribution < -0.4 is 0 Å². The zero-order valence-electron chi connectivity index (χ0n) is 13.0. The molecule has 4 nitrogen and oxygen atoms in total. The molecule has 2 heterocycles. The van der Waals surface area contributed by atoms with Gasteiger partial charge in [-0.15, -0.1) is 0 Å². The van der Waals surface area contributed by atoms with Gasteiger partial charge in [-0.2, -0.15) is 4.98 Å². The molecule has 0 unspecified atom stereocenters. The predicted octanol–water partition coefficient (Wildman–Crippen LogP) is 3.36. The van der Waals surface area contributed by atoms with E-state index in [2.05, 4.69) is 66.1 Å². The van der Waals surface area contributed by atoms with Gasteiger partial charge in [0.15, 0.2) is 5.82 Å². The van der Waals surface area contributed by atoms with E-state index in [1.54, 1.807) is 0 Å². The Morgan fingerprint density at radius 2 is 2.00 bits per heavy atom. The van der Waals surface area contributed by atoms with Crippen LogP contribution in [-0.4, -0.2) is 28.1 Å². The van der Waals surface area contributed by atoms with Crippen LogP contribution in [0.25, 0.3) is 0 Å². The number of hydrogen-bond acceptors (Lipinski definition) is 4. The molecule has 0 saturated carbocycles. The summed E-state index contributed by atoms with van der Waals surface area (Å²) >= 11 is 0. The van der Waals surface area contributed by atoms with Crippen molar-refractivity contribution in [3.8, 4) is 0 Å². The van der Waals surface area contributed by atoms with Crippen LogP contribution in [0.2, 0.25) is 0 Å². The van der Waals surface area contributed by atoms with Crippen molar-refractivity contribution in [2.45, 2.75) is 45.1 Å². The Kier molecular flexibility index (Phi) is 3.81. The van der Waals surface area contributed by atoms with Crippen LogP contribution in [0.4, 0.5) is 0 Å². The molecule has 0 N–H and O–H groups in total. The highest BCUT2D eigenvalue weighted by atomic mass is 16.5. The third kappa shape index (κ3) is 3.32. The number of benzene rings is 1. The molecule has 3 rings (SSSR count). The van der Waals surface area contributed by atoms with Crippen LogP contribution in [0.15, 0.2) is 34.9 Å². The SMILES string of the molecule is CC(C)(C)c1nc(CN2CC[C@H](c3ccccc3)C2)no1. The maximum Gasteiger partial charge on any atom is 0.232 e. The molecule has 1 fully saturated rings. The van der Waals surface area contributed by atoms with Crippen molar-refractivity contribution in [3.63, 3.8) is 0 Å². The number of nitrogens with zero attached hydrogens (tertiary/aromatic N) is 3. The molecule has 0 amide bonds. The summed E-state index contributed by atoms with van der Waals surface area (Å²) in [7, 11) is 0. The monoisotopic (exact) mass is 285 g/mol. The van der Waals surface area contributed by atoms with Gasteiger partial charge in [0.2, 0.25) is 5.89 Å². The third-order valence-corrected chi connectivity index (χ3v) is 4.02. The topological polar surface area (TPSA) is 42.2 Å². The normalized spacial score (nSPS) is 20.0. The first-order valence-corrected chi connectivity index (χ1v) is 7.63. The smallest absolute Gasteiger partial charge is 0.232 e. The first kappa shape index (κ1) is 14.3. The van der Waals surface area contributed by atoms with Crippen LogP contribution in [0, 0.1) is 0 Å². The maximum atomic E-state index is 5.36. The van der Waals surface area contributed by atoms with E-state index >= 15 is 0 Å². The summed E-state index contributed by atoms with van der Waals surface area (Å²) in [5.74, 6) is 2.14. The van der Waals surface area contributed by atoms with Gasteiger partial charge < -0.3 is 4.52 Å². The van der Waals surface area contributed by atoms with Gasteiger partial charge in [-0.05, 0) is 24.4 Å². The number of likely N-dealkylation sites (tertiary alicyclic amines) is 1. The van der Waals surface area contributed by atoms with E-state index in [-0.39, 0.29) is 5.41 Å². The van der Waals surface area contributed by atoms with E-state index < -0.39 is 0 Å². The van der Waals surface area contributed by atoms with Gasteiger partial charge in [-0.25, -0.2) is 0 Å². The van der Waals surface area contributed by atoms with Gasteiger partial charge in [-0.1, -0.05) is 56.3 Å². The lowest BCUT2D eigenvalue weighted by molar-refractivity contribution is 0.296. The van der Waals surface area contributed by atoms with Crippen molar-refractivity contribution < 1.29 is 4.52 Å². The van der Waals surface area contributed by atoms with Crippen LogP contribution in [0.5, 0.6) is 0 Å². The highest BCUT2D eigenvalue weighted by molar-refractivity contribution is 5.21. The van der Waals surface area contributed by atoms with E-state index in [1.165, 1.54) is 12.0 Å². The van der Waals surface area contributed by atoms with Crippen molar-refractivity contribution >= 4 is 0 Å². The fraction of sp³-hybridized carbons (Fsp3) is 0.529. The van der Waals surface area contributed by atoms with Crippen molar-refractivity contribution in [1.82, 2.24) is 15.0 Å². The molecule has 2 aromatic rings. The Morgan fingerprint density at radius 1 is 1.24 bits per heavy atom. The summed E-state index contributed by atoms with van der Waals surface area (Å²) in [6.07, 6.45) is 1.20. The van der Waals surface area contributed by atoms with Crippen molar-refractivity contribution in [3.05, 3.63) is 47.6 Å². The lowest BCUT2D eigenvalue weighted by atomic mass is 9.97. The maximum absolute atomic E-state index is 5.36. The molecule has 1 aromatic carbocycles. The molecule has 4 heteroatoms. The fourth-order valence-corrected chi connectivity index (χ4v) is 2.80. The highest BCUT2D eigenvalue weighted by Gasteiger charge is 2.26. The van der Waals surface area contributed by atoms with Crippen molar-refractivity contribution in [2.24, 2.45) is 0 Å². The second-order valence-corrected chi connectivity index (χ2v) is 6.90. The second kappa shape index (κ2) is 5.60. The Hall–Kier alpha value is -1.68. The molecular formula is C17H23N3O. The van der Waals surface area contributed by atoms with Crippen LogP contribution in [0.1, 0.15) is 50.4 Å². The number of hydrogen-bond donors (Lipinski definition) is 0. The molecule has 0 spiro atoms. The predicted molar refractivity (Wildman–Crippen MR) is 82.1 cm³/mol. The third-order valence-electron chi connectivity index (χ3n) is 4.02. The molecule has 0 aliphatic carbocycles. The minimum atomic E-state index is -0.0805. The molecule has 1 aromatic heterocycles. The molecule has 1 aliphatic heterocycles. The average molecular weight is 285 g/mol. The molecule has 1 aliphatic rings. The Bertz CT molecular complexity index is 586. The Morgan fingerprint density at radius 3 is 2.67 bits per heavy atom. The van der Waals surface area contributed by atoms with E-state index in [0.29, 0.717) is 5.92 Å². The number of rotatable bonds is 3. The minimum absolute atomic E-state index is 0.0805. The fourth-order valence-electron chi connectivity index (χ4n) is 2.80. The Balaban J connectivity index is 1.61. The summed E-state index contributed by atoms with van der Waals surface area (Å²) in [4.78, 5) is 6.94. The van der Waals surface area contributed by atoms with Gasteiger partial charge in [-0.3, -0.25) is 4.90 Å². The van der Waals surface area contributed by atoms with E-state index in [1.807, 2.05) is 0 Å². The zero-order chi connectivity index (χ0) is 14.9. The minimum Gasteiger partial charge on any atom is -0.339 e. The largest absolute Gasteiger partial charge is 0.339 e. The van der Waals surface area contributed by atoms with Crippen LogP contribution in [-0.2, 0) is 12.0 Å². The second-order valence-electron chi connectivity index (χ2n) is 6.90. The summed E-state index contributed by atoms with van der Waals surface area (Å²) in [6.45, 7) is 9.22. The molecule has 1 saturated heterocycles. The van der Waals surface area contributed by atoms with Crippen LogP contribution >= 0.6 is 0 Å². The average Bonchev–Trinajstić information content (AvgIpc) is 3.09. The van der Waals surface area contributed by atoms with E-state index in [9.17, 15) is 0 Å². The quantitative estimate of drug-likeness (QED) is 0.867. The first-order valence-electron chi connectivity index (χ1n) is 7.63. The molecular weight excluding hydrogens is 262 g/mol. The van der Waals surface area contributed by atoms with Gasteiger partial charge in [0.1, 0.15) is 0 Å². The van der Waals surface area contributed by atoms with Crippen LogP contribution in [0.3, 0.4) is 0 Å².